The van der Waals surface area contributed by atoms with Crippen molar-refractivity contribution in [1.82, 2.24) is 20.2 Å². The Morgan fingerprint density at radius 2 is 1.94 bits per heavy atom. The largest absolute Gasteiger partial charge is 0.507 e. The third-order valence-corrected chi connectivity index (χ3v) is 7.63. The van der Waals surface area contributed by atoms with Crippen LogP contribution in [0, 0.1) is 17.2 Å². The number of phenols is 1. The van der Waals surface area contributed by atoms with E-state index in [0.29, 0.717) is 16.9 Å². The van der Waals surface area contributed by atoms with Gasteiger partial charge in [0, 0.05) is 18.7 Å². The van der Waals surface area contributed by atoms with E-state index in [1.165, 1.54) is 19.2 Å². The summed E-state index contributed by atoms with van der Waals surface area (Å²) in [6.45, 7) is 2.26. The first-order valence-electron chi connectivity index (χ1n) is 11.9. The van der Waals surface area contributed by atoms with Crippen LogP contribution >= 0.6 is 0 Å². The minimum absolute atomic E-state index is 0.0933. The zero-order chi connectivity index (χ0) is 24.7. The Kier molecular flexibility index (Phi) is 6.02. The third kappa shape index (κ3) is 4.39. The molecule has 0 unspecified atom stereocenters. The summed E-state index contributed by atoms with van der Waals surface area (Å²) < 4.78 is 34.6. The lowest BCUT2D eigenvalue weighted by molar-refractivity contribution is 0.0113. The number of phenolic OH excluding ortho intramolecular Hbond substituents is 1. The minimum atomic E-state index is -0.904. The van der Waals surface area contributed by atoms with Gasteiger partial charge in [0.25, 0.3) is 0 Å². The van der Waals surface area contributed by atoms with E-state index >= 15 is 4.39 Å². The lowest BCUT2D eigenvalue weighted by atomic mass is 9.60. The fourth-order valence-electron chi connectivity index (χ4n) is 5.73. The predicted molar refractivity (Wildman–Crippen MR) is 128 cm³/mol. The quantitative estimate of drug-likeness (QED) is 0.536. The Labute approximate surface area is 203 Å². The number of halogens is 2. The van der Waals surface area contributed by atoms with Crippen molar-refractivity contribution in [1.29, 1.82) is 0 Å². The van der Waals surface area contributed by atoms with E-state index in [0.717, 1.165) is 38.3 Å². The van der Waals surface area contributed by atoms with Crippen molar-refractivity contribution < 1.29 is 18.6 Å². The van der Waals surface area contributed by atoms with Crippen LogP contribution in [0.25, 0.3) is 22.5 Å². The number of ether oxygens (including phenoxy) is 1. The van der Waals surface area contributed by atoms with Crippen LogP contribution < -0.4 is 9.64 Å². The fourth-order valence-corrected chi connectivity index (χ4v) is 5.73. The zero-order valence-electron chi connectivity index (χ0n) is 20.1. The number of nitrogens with zero attached hydrogens (tertiary/aromatic N) is 5. The molecule has 2 aromatic heterocycles. The van der Waals surface area contributed by atoms with Crippen LogP contribution in [0.3, 0.4) is 0 Å². The predicted octanol–water partition coefficient (Wildman–Crippen LogP) is 5.20. The Morgan fingerprint density at radius 3 is 2.66 bits per heavy atom. The number of fused-ring (bicyclic) bond motifs is 2. The SMILES string of the molecule is COc1cc(-c2ccc(-c3ncc(N(C)[C@H]4C[C@]5(C)CCC[C@@H](C5)[C@H]4F)nn3)c(O)c2)c(F)cn1. The maximum atomic E-state index is 15.3. The van der Waals surface area contributed by atoms with Gasteiger partial charge in [0.1, 0.15) is 17.7 Å². The highest BCUT2D eigenvalue weighted by atomic mass is 19.1. The molecule has 35 heavy (non-hydrogen) atoms. The van der Waals surface area contributed by atoms with Crippen molar-refractivity contribution in [3.63, 3.8) is 0 Å². The zero-order valence-corrected chi connectivity index (χ0v) is 20.1. The van der Waals surface area contributed by atoms with Crippen LogP contribution in [-0.2, 0) is 0 Å². The molecule has 2 heterocycles. The van der Waals surface area contributed by atoms with Crippen molar-refractivity contribution in [2.45, 2.75) is 51.2 Å². The highest BCUT2D eigenvalue weighted by molar-refractivity contribution is 5.73. The molecular weight excluding hydrogens is 452 g/mol. The summed E-state index contributed by atoms with van der Waals surface area (Å²) in [6, 6.07) is 5.90. The molecule has 0 radical (unpaired) electrons. The van der Waals surface area contributed by atoms with Crippen molar-refractivity contribution in [2.24, 2.45) is 11.3 Å². The number of alkyl halides is 1. The summed E-state index contributed by atoms with van der Waals surface area (Å²) in [7, 11) is 3.29. The molecule has 7 nitrogen and oxygen atoms in total. The van der Waals surface area contributed by atoms with E-state index < -0.39 is 12.0 Å². The number of hydrogen-bond donors (Lipinski definition) is 1. The smallest absolute Gasteiger partial charge is 0.213 e. The molecule has 1 aromatic carbocycles. The summed E-state index contributed by atoms with van der Waals surface area (Å²) in [5.74, 6) is 0.432. The lowest BCUT2D eigenvalue weighted by Crippen LogP contribution is -2.52. The standard InChI is InChI=1S/C26H29F2N5O2/c1-26-8-4-5-16(11-26)24(28)20(12-26)33(2)22-14-30-25(32-31-22)17-7-6-15(9-21(17)34)18-10-23(35-3)29-13-19(18)27/h6-7,9-10,13-14,16,20,24,34H,4-5,8,11-12H2,1-3H3/t16-,20-,24+,26+/m0/s1. The van der Waals surface area contributed by atoms with Gasteiger partial charge in [-0.3, -0.25) is 0 Å². The summed E-state index contributed by atoms with van der Waals surface area (Å²) in [5, 5.41) is 19.1. The third-order valence-electron chi connectivity index (χ3n) is 7.63. The van der Waals surface area contributed by atoms with E-state index in [1.807, 2.05) is 11.9 Å². The maximum Gasteiger partial charge on any atom is 0.213 e. The second kappa shape index (κ2) is 9.02. The number of aromatic hydroxyl groups is 1. The van der Waals surface area contributed by atoms with Crippen molar-refractivity contribution >= 4 is 5.82 Å². The molecule has 0 spiro atoms. The van der Waals surface area contributed by atoms with Crippen LogP contribution in [-0.4, -0.2) is 51.6 Å². The van der Waals surface area contributed by atoms with Crippen LogP contribution in [0.2, 0.25) is 0 Å². The van der Waals surface area contributed by atoms with Gasteiger partial charge in [-0.1, -0.05) is 19.4 Å². The van der Waals surface area contributed by atoms with E-state index in [-0.39, 0.29) is 40.4 Å². The molecule has 2 fully saturated rings. The minimum Gasteiger partial charge on any atom is -0.507 e. The first-order valence-corrected chi connectivity index (χ1v) is 11.9. The molecule has 184 valence electrons. The second-order valence-electron chi connectivity index (χ2n) is 10.1. The molecule has 0 amide bonds. The number of methoxy groups -OCH3 is 1. The molecule has 2 aliphatic rings. The molecule has 1 N–H and O–H groups in total. The maximum absolute atomic E-state index is 15.3. The molecule has 5 rings (SSSR count). The monoisotopic (exact) mass is 481 g/mol. The Hall–Kier alpha value is -3.36. The van der Waals surface area contributed by atoms with Crippen LogP contribution in [0.4, 0.5) is 14.6 Å². The fraction of sp³-hybridized carbons (Fsp3) is 0.462. The van der Waals surface area contributed by atoms with Crippen molar-refractivity contribution in [3.8, 4) is 34.1 Å². The molecular formula is C26H29F2N5O2. The number of rotatable bonds is 5. The Morgan fingerprint density at radius 1 is 1.11 bits per heavy atom. The van der Waals surface area contributed by atoms with Gasteiger partial charge in [-0.05, 0) is 54.7 Å². The summed E-state index contributed by atoms with van der Waals surface area (Å²) in [4.78, 5) is 10.1. The molecule has 2 saturated carbocycles. The number of aromatic nitrogens is 4. The lowest BCUT2D eigenvalue weighted by Gasteiger charge is -2.50. The van der Waals surface area contributed by atoms with Gasteiger partial charge in [-0.2, -0.15) is 0 Å². The highest BCUT2D eigenvalue weighted by Gasteiger charge is 2.47. The van der Waals surface area contributed by atoms with Crippen molar-refractivity contribution in [3.05, 3.63) is 42.5 Å². The van der Waals surface area contributed by atoms with Gasteiger partial charge < -0.3 is 14.7 Å². The molecule has 9 heteroatoms. The topological polar surface area (TPSA) is 84.3 Å². The molecule has 3 aromatic rings. The van der Waals surface area contributed by atoms with E-state index in [1.54, 1.807) is 18.3 Å². The van der Waals surface area contributed by atoms with Gasteiger partial charge >= 0.3 is 0 Å². The van der Waals surface area contributed by atoms with Gasteiger partial charge in [0.2, 0.25) is 5.88 Å². The Bertz CT molecular complexity index is 1220. The normalized spacial score (nSPS) is 25.8. The Balaban J connectivity index is 1.37. The second-order valence-corrected chi connectivity index (χ2v) is 10.1. The van der Waals surface area contributed by atoms with Crippen LogP contribution in [0.15, 0.2) is 36.7 Å². The molecule has 4 atom stereocenters. The van der Waals surface area contributed by atoms with Crippen LogP contribution in [0.5, 0.6) is 11.6 Å². The molecule has 0 aliphatic heterocycles. The van der Waals surface area contributed by atoms with Crippen molar-refractivity contribution in [2.75, 3.05) is 19.1 Å². The van der Waals surface area contributed by atoms with Gasteiger partial charge in [-0.15, -0.1) is 10.2 Å². The average molecular weight is 482 g/mol. The first kappa shape index (κ1) is 23.4. The summed E-state index contributed by atoms with van der Waals surface area (Å²) >= 11 is 0. The summed E-state index contributed by atoms with van der Waals surface area (Å²) in [5.41, 5.74) is 1.23. The van der Waals surface area contributed by atoms with E-state index in [2.05, 4.69) is 27.1 Å². The number of anilines is 1. The first-order chi connectivity index (χ1) is 16.8. The number of hydrogen-bond acceptors (Lipinski definition) is 7. The molecule has 2 bridgehead atoms. The molecule has 0 saturated heterocycles. The van der Waals surface area contributed by atoms with E-state index in [4.69, 9.17) is 4.74 Å². The number of pyridine rings is 1. The number of benzene rings is 1. The average Bonchev–Trinajstić information content (AvgIpc) is 2.86. The highest BCUT2D eigenvalue weighted by Crippen LogP contribution is 2.50. The van der Waals surface area contributed by atoms with Gasteiger partial charge in [0.05, 0.1) is 31.1 Å². The van der Waals surface area contributed by atoms with Crippen LogP contribution in [0.1, 0.15) is 39.0 Å². The molecule has 2 aliphatic carbocycles. The van der Waals surface area contributed by atoms with Gasteiger partial charge in [-0.25, -0.2) is 18.7 Å². The summed E-state index contributed by atoms with van der Waals surface area (Å²) in [6.07, 6.45) is 6.63. The van der Waals surface area contributed by atoms with Gasteiger partial charge in [0.15, 0.2) is 11.6 Å². The van der Waals surface area contributed by atoms with E-state index in [9.17, 15) is 9.50 Å².